The Hall–Kier alpha value is -2.11. The molecular formula is C64H120O6. The number of esters is 3. The van der Waals surface area contributed by atoms with Gasteiger partial charge in [0.05, 0.1) is 0 Å². The molecule has 0 aliphatic rings. The van der Waals surface area contributed by atoms with Gasteiger partial charge in [0.15, 0.2) is 6.10 Å². The standard InChI is InChI=1S/C64H120O6/c1-4-7-10-13-15-17-19-21-23-25-26-27-28-29-30-31-32-33-34-35-36-37-38-39-41-42-44-46-48-51-54-57-63(66)69-60-61(59-68-62(65)56-53-50-12-9-6-3)70-64(67)58-55-52-49-47-45-43-40-24-22-20-18-16-14-11-8-5-2/h19,21,25-26,61H,4-18,20,22-24,27-60H2,1-3H3/b21-19-,26-25-. The van der Waals surface area contributed by atoms with Crippen LogP contribution in [-0.4, -0.2) is 37.2 Å². The SMILES string of the molecule is CCCCCCC/C=C\C/C=C\CCCCCCCCCCCCCCCCCCCCCC(=O)OCC(COC(=O)CCCCCCC)OC(=O)CCCCCCCCCCCCCCCCCC. The monoisotopic (exact) mass is 985 g/mol. The van der Waals surface area contributed by atoms with Gasteiger partial charge in [0, 0.05) is 19.3 Å². The first kappa shape index (κ1) is 67.9. The van der Waals surface area contributed by atoms with E-state index < -0.39 is 6.10 Å². The zero-order valence-electron chi connectivity index (χ0n) is 47.3. The molecule has 0 rings (SSSR count). The van der Waals surface area contributed by atoms with Gasteiger partial charge in [0.2, 0.25) is 0 Å². The Labute approximate surface area is 436 Å². The maximum absolute atomic E-state index is 12.8. The second kappa shape index (κ2) is 59.5. The Bertz CT molecular complexity index is 1130. The third kappa shape index (κ3) is 56.8. The van der Waals surface area contributed by atoms with E-state index in [4.69, 9.17) is 14.2 Å². The maximum Gasteiger partial charge on any atom is 0.306 e. The van der Waals surface area contributed by atoms with Crippen molar-refractivity contribution >= 4 is 17.9 Å². The third-order valence-electron chi connectivity index (χ3n) is 14.2. The Kier molecular flexibility index (Phi) is 57.7. The highest BCUT2D eigenvalue weighted by atomic mass is 16.6. The summed E-state index contributed by atoms with van der Waals surface area (Å²) >= 11 is 0. The fraction of sp³-hybridized carbons (Fsp3) is 0.891. The Balaban J connectivity index is 3.91. The van der Waals surface area contributed by atoms with Crippen LogP contribution in [-0.2, 0) is 28.6 Å². The lowest BCUT2D eigenvalue weighted by Gasteiger charge is -2.18. The molecule has 0 amide bonds. The molecule has 70 heavy (non-hydrogen) atoms. The summed E-state index contributed by atoms with van der Waals surface area (Å²) in [6.45, 7) is 6.60. The second-order valence-electron chi connectivity index (χ2n) is 21.3. The Morgan fingerprint density at radius 1 is 0.286 bits per heavy atom. The van der Waals surface area contributed by atoms with Gasteiger partial charge in [-0.25, -0.2) is 0 Å². The van der Waals surface area contributed by atoms with E-state index in [2.05, 4.69) is 45.1 Å². The van der Waals surface area contributed by atoms with E-state index in [0.29, 0.717) is 19.3 Å². The zero-order chi connectivity index (χ0) is 50.7. The molecule has 0 aliphatic carbocycles. The van der Waals surface area contributed by atoms with Crippen molar-refractivity contribution in [3.63, 3.8) is 0 Å². The van der Waals surface area contributed by atoms with Gasteiger partial charge in [-0.05, 0) is 51.4 Å². The molecule has 0 aromatic carbocycles. The van der Waals surface area contributed by atoms with Gasteiger partial charge in [-0.1, -0.05) is 302 Å². The van der Waals surface area contributed by atoms with Crippen LogP contribution in [0.15, 0.2) is 24.3 Å². The van der Waals surface area contributed by atoms with Crippen molar-refractivity contribution in [3.05, 3.63) is 24.3 Å². The molecule has 0 fully saturated rings. The molecule has 0 N–H and O–H groups in total. The third-order valence-corrected chi connectivity index (χ3v) is 14.2. The smallest absolute Gasteiger partial charge is 0.306 e. The molecule has 1 unspecified atom stereocenters. The summed E-state index contributed by atoms with van der Waals surface area (Å²) in [5.41, 5.74) is 0. The van der Waals surface area contributed by atoms with Crippen LogP contribution < -0.4 is 0 Å². The Morgan fingerprint density at radius 3 is 0.786 bits per heavy atom. The number of hydrogen-bond acceptors (Lipinski definition) is 6. The minimum absolute atomic E-state index is 0.0653. The minimum Gasteiger partial charge on any atom is -0.462 e. The molecule has 0 aliphatic heterocycles. The van der Waals surface area contributed by atoms with Crippen molar-refractivity contribution in [1.29, 1.82) is 0 Å². The van der Waals surface area contributed by atoms with Crippen molar-refractivity contribution < 1.29 is 28.6 Å². The van der Waals surface area contributed by atoms with E-state index in [1.165, 1.54) is 238 Å². The van der Waals surface area contributed by atoms with E-state index >= 15 is 0 Å². The fourth-order valence-electron chi connectivity index (χ4n) is 9.48. The molecule has 0 heterocycles. The predicted octanol–water partition coefficient (Wildman–Crippen LogP) is 21.1. The van der Waals surface area contributed by atoms with Crippen LogP contribution >= 0.6 is 0 Å². The summed E-state index contributed by atoms with van der Waals surface area (Å²) in [6.07, 6.45) is 71.0. The van der Waals surface area contributed by atoms with Gasteiger partial charge < -0.3 is 14.2 Å². The average Bonchev–Trinajstić information content (AvgIpc) is 3.36. The molecule has 6 heteroatoms. The summed E-state index contributed by atoms with van der Waals surface area (Å²) in [5.74, 6) is -0.857. The van der Waals surface area contributed by atoms with Gasteiger partial charge in [0.1, 0.15) is 13.2 Å². The predicted molar refractivity (Wildman–Crippen MR) is 303 cm³/mol. The number of allylic oxidation sites excluding steroid dienone is 4. The van der Waals surface area contributed by atoms with Crippen molar-refractivity contribution in [2.75, 3.05) is 13.2 Å². The normalized spacial score (nSPS) is 12.1. The number of unbranched alkanes of at least 4 members (excludes halogenated alkanes) is 43. The van der Waals surface area contributed by atoms with Crippen molar-refractivity contribution in [3.8, 4) is 0 Å². The molecule has 1 atom stereocenters. The first-order valence-corrected chi connectivity index (χ1v) is 31.3. The number of ether oxygens (including phenoxy) is 3. The van der Waals surface area contributed by atoms with Gasteiger partial charge in [-0.2, -0.15) is 0 Å². The fourth-order valence-corrected chi connectivity index (χ4v) is 9.48. The van der Waals surface area contributed by atoms with Gasteiger partial charge in [-0.15, -0.1) is 0 Å². The van der Waals surface area contributed by atoms with E-state index in [-0.39, 0.29) is 31.1 Å². The minimum atomic E-state index is -0.762. The van der Waals surface area contributed by atoms with E-state index in [1.54, 1.807) is 0 Å². The zero-order valence-corrected chi connectivity index (χ0v) is 47.3. The van der Waals surface area contributed by atoms with E-state index in [0.717, 1.165) is 70.6 Å². The van der Waals surface area contributed by atoms with Crippen molar-refractivity contribution in [2.24, 2.45) is 0 Å². The lowest BCUT2D eigenvalue weighted by Crippen LogP contribution is -2.30. The molecule has 6 nitrogen and oxygen atoms in total. The molecule has 0 aromatic heterocycles. The van der Waals surface area contributed by atoms with Gasteiger partial charge in [0.25, 0.3) is 0 Å². The maximum atomic E-state index is 12.8. The lowest BCUT2D eigenvalue weighted by molar-refractivity contribution is -0.167. The highest BCUT2D eigenvalue weighted by Gasteiger charge is 2.19. The molecule has 0 spiro atoms. The number of carbonyl (C=O) groups excluding carboxylic acids is 3. The largest absolute Gasteiger partial charge is 0.462 e. The number of carbonyl (C=O) groups is 3. The van der Waals surface area contributed by atoms with E-state index in [1.807, 2.05) is 0 Å². The van der Waals surface area contributed by atoms with E-state index in [9.17, 15) is 14.4 Å². The van der Waals surface area contributed by atoms with Crippen LogP contribution in [0.4, 0.5) is 0 Å². The summed E-state index contributed by atoms with van der Waals surface area (Å²) in [5, 5.41) is 0. The van der Waals surface area contributed by atoms with Crippen LogP contribution in [0.25, 0.3) is 0 Å². The highest BCUT2D eigenvalue weighted by molar-refractivity contribution is 5.71. The van der Waals surface area contributed by atoms with Crippen LogP contribution in [0.3, 0.4) is 0 Å². The quantitative estimate of drug-likeness (QED) is 0.0261. The topological polar surface area (TPSA) is 78.9 Å². The Morgan fingerprint density at radius 2 is 0.514 bits per heavy atom. The molecule has 0 saturated heterocycles. The van der Waals surface area contributed by atoms with Gasteiger partial charge in [-0.3, -0.25) is 14.4 Å². The molecule has 0 bridgehead atoms. The number of hydrogen-bond donors (Lipinski definition) is 0. The first-order chi connectivity index (χ1) is 34.5. The lowest BCUT2D eigenvalue weighted by atomic mass is 10.0. The van der Waals surface area contributed by atoms with Crippen LogP contribution in [0.2, 0.25) is 0 Å². The number of rotatable bonds is 58. The van der Waals surface area contributed by atoms with Crippen LogP contribution in [0.5, 0.6) is 0 Å². The summed E-state index contributed by atoms with van der Waals surface area (Å²) < 4.78 is 16.8. The van der Waals surface area contributed by atoms with Gasteiger partial charge >= 0.3 is 17.9 Å². The molecule has 0 radical (unpaired) electrons. The molecule has 0 aromatic rings. The molecule has 412 valence electrons. The second-order valence-corrected chi connectivity index (χ2v) is 21.3. The molecular weight excluding hydrogens is 865 g/mol. The van der Waals surface area contributed by atoms with Crippen LogP contribution in [0.1, 0.15) is 348 Å². The average molecular weight is 986 g/mol. The summed E-state index contributed by atoms with van der Waals surface area (Å²) in [6, 6.07) is 0. The van der Waals surface area contributed by atoms with Crippen molar-refractivity contribution in [1.82, 2.24) is 0 Å². The highest BCUT2D eigenvalue weighted by Crippen LogP contribution is 2.18. The first-order valence-electron chi connectivity index (χ1n) is 31.3. The summed E-state index contributed by atoms with van der Waals surface area (Å²) in [4.78, 5) is 37.8. The van der Waals surface area contributed by atoms with Crippen molar-refractivity contribution in [2.45, 2.75) is 354 Å². The van der Waals surface area contributed by atoms with Crippen LogP contribution in [0, 0.1) is 0 Å². The molecule has 0 saturated carbocycles. The summed E-state index contributed by atoms with van der Waals surface area (Å²) in [7, 11) is 0.